The third kappa shape index (κ3) is 4.47. The lowest BCUT2D eigenvalue weighted by atomic mass is 9.77. The van der Waals surface area contributed by atoms with Gasteiger partial charge >= 0.3 is 0 Å². The fourth-order valence-corrected chi connectivity index (χ4v) is 2.21. The summed E-state index contributed by atoms with van der Waals surface area (Å²) in [6, 6.07) is 6.37. The minimum Gasteiger partial charge on any atom is -0.484 e. The van der Waals surface area contributed by atoms with Gasteiger partial charge in [0.1, 0.15) is 5.75 Å². The molecule has 0 aromatic heterocycles. The van der Waals surface area contributed by atoms with Gasteiger partial charge in [-0.2, -0.15) is 0 Å². The maximum atomic E-state index is 11.0. The number of carbonyl (C=O) groups is 1. The molecule has 0 aliphatic heterocycles. The molecule has 0 saturated carbocycles. The van der Waals surface area contributed by atoms with Gasteiger partial charge in [0.05, 0.1) is 0 Å². The van der Waals surface area contributed by atoms with Gasteiger partial charge in [0, 0.05) is 0 Å². The van der Waals surface area contributed by atoms with E-state index in [2.05, 4.69) is 59.7 Å². The fraction of sp³-hybridized carbons (Fsp3) is 0.611. The van der Waals surface area contributed by atoms with Gasteiger partial charge < -0.3 is 4.74 Å². The summed E-state index contributed by atoms with van der Waals surface area (Å²) in [5, 5.41) is -0.476. The van der Waals surface area contributed by atoms with Gasteiger partial charge in [-0.15, -0.1) is 0 Å². The number of halogens is 1. The molecule has 0 unspecified atom stereocenters. The van der Waals surface area contributed by atoms with Crippen LogP contribution in [0.4, 0.5) is 0 Å². The predicted molar refractivity (Wildman–Crippen MR) is 89.4 cm³/mol. The molecule has 1 aromatic rings. The molecule has 1 aromatic carbocycles. The zero-order chi connectivity index (χ0) is 16.3. The van der Waals surface area contributed by atoms with Crippen molar-refractivity contribution in [2.45, 2.75) is 65.2 Å². The standard InChI is InChI=1S/C18H27ClO2/c1-7-17(3,4)13-9-10-14(18(5,6)8-2)15(11-13)21-12-16(19)20/h9-11H,7-8,12H2,1-6H3. The highest BCUT2D eigenvalue weighted by atomic mass is 35.5. The molecular weight excluding hydrogens is 284 g/mol. The topological polar surface area (TPSA) is 26.3 Å². The van der Waals surface area contributed by atoms with Crippen LogP contribution in [0.15, 0.2) is 18.2 Å². The first-order valence-electron chi connectivity index (χ1n) is 7.60. The van der Waals surface area contributed by atoms with E-state index in [0.29, 0.717) is 0 Å². The Morgan fingerprint density at radius 3 is 2.14 bits per heavy atom. The Balaban J connectivity index is 3.29. The molecule has 0 spiro atoms. The molecule has 118 valence electrons. The van der Waals surface area contributed by atoms with Crippen molar-refractivity contribution in [1.29, 1.82) is 0 Å². The van der Waals surface area contributed by atoms with E-state index in [9.17, 15) is 4.79 Å². The van der Waals surface area contributed by atoms with E-state index in [1.165, 1.54) is 5.56 Å². The van der Waals surface area contributed by atoms with Crippen LogP contribution in [0.25, 0.3) is 0 Å². The molecule has 2 nitrogen and oxygen atoms in total. The van der Waals surface area contributed by atoms with Crippen molar-refractivity contribution in [3.05, 3.63) is 29.3 Å². The highest BCUT2D eigenvalue weighted by Gasteiger charge is 2.26. The SMILES string of the molecule is CCC(C)(C)c1ccc(C(C)(C)CC)c(OCC(=O)Cl)c1. The summed E-state index contributed by atoms with van der Waals surface area (Å²) in [5.74, 6) is 0.773. The summed E-state index contributed by atoms with van der Waals surface area (Å²) in [4.78, 5) is 11.0. The van der Waals surface area contributed by atoms with E-state index in [-0.39, 0.29) is 17.4 Å². The van der Waals surface area contributed by atoms with Gasteiger partial charge in [0.2, 0.25) is 0 Å². The Hall–Kier alpha value is -1.02. The van der Waals surface area contributed by atoms with Crippen LogP contribution in [0.1, 0.15) is 65.5 Å². The van der Waals surface area contributed by atoms with E-state index >= 15 is 0 Å². The molecule has 0 N–H and O–H groups in total. The zero-order valence-corrected chi connectivity index (χ0v) is 14.8. The summed E-state index contributed by atoms with van der Waals surface area (Å²) >= 11 is 5.42. The van der Waals surface area contributed by atoms with Gasteiger partial charge in [0.15, 0.2) is 6.61 Å². The summed E-state index contributed by atoms with van der Waals surface area (Å²) in [6.45, 7) is 13.0. The Bertz CT molecular complexity index is 504. The van der Waals surface area contributed by atoms with Crippen molar-refractivity contribution in [1.82, 2.24) is 0 Å². The smallest absolute Gasteiger partial charge is 0.259 e. The molecule has 1 rings (SSSR count). The van der Waals surface area contributed by atoms with E-state index < -0.39 is 5.24 Å². The average molecular weight is 311 g/mol. The van der Waals surface area contributed by atoms with Crippen molar-refractivity contribution < 1.29 is 9.53 Å². The largest absolute Gasteiger partial charge is 0.484 e. The normalized spacial score (nSPS) is 12.3. The van der Waals surface area contributed by atoms with Crippen LogP contribution < -0.4 is 4.74 Å². The molecule has 3 heteroatoms. The van der Waals surface area contributed by atoms with Crippen molar-refractivity contribution in [3.63, 3.8) is 0 Å². The van der Waals surface area contributed by atoms with Gasteiger partial charge in [0.25, 0.3) is 5.24 Å². The van der Waals surface area contributed by atoms with Crippen molar-refractivity contribution >= 4 is 16.8 Å². The van der Waals surface area contributed by atoms with Crippen LogP contribution in [0.3, 0.4) is 0 Å². The molecule has 0 aliphatic carbocycles. The molecular formula is C18H27ClO2. The summed E-state index contributed by atoms with van der Waals surface area (Å²) < 4.78 is 5.69. The molecule has 0 aliphatic rings. The Morgan fingerprint density at radius 2 is 1.67 bits per heavy atom. The molecule has 0 radical (unpaired) electrons. The van der Waals surface area contributed by atoms with E-state index in [4.69, 9.17) is 16.3 Å². The Kier molecular flexibility index (Phi) is 5.86. The number of hydrogen-bond acceptors (Lipinski definition) is 2. The second-order valence-corrected chi connectivity index (χ2v) is 7.25. The lowest BCUT2D eigenvalue weighted by Gasteiger charge is -2.29. The third-order valence-electron chi connectivity index (χ3n) is 4.60. The van der Waals surface area contributed by atoms with Crippen LogP contribution in [0, 0.1) is 0 Å². The summed E-state index contributed by atoms with van der Waals surface area (Å²) in [5.41, 5.74) is 2.42. The Labute approximate surface area is 133 Å². The fourth-order valence-electron chi connectivity index (χ4n) is 2.15. The molecule has 0 amide bonds. The monoisotopic (exact) mass is 310 g/mol. The Morgan fingerprint density at radius 1 is 1.10 bits per heavy atom. The lowest BCUT2D eigenvalue weighted by molar-refractivity contribution is -0.113. The molecule has 0 fully saturated rings. The molecule has 0 atom stereocenters. The number of carbonyl (C=O) groups excluding carboxylic acids is 1. The van der Waals surface area contributed by atoms with Crippen LogP contribution in [-0.4, -0.2) is 11.8 Å². The third-order valence-corrected chi connectivity index (χ3v) is 4.71. The second-order valence-electron chi connectivity index (χ2n) is 6.83. The first-order valence-corrected chi connectivity index (χ1v) is 7.98. The van der Waals surface area contributed by atoms with Gasteiger partial charge in [-0.3, -0.25) is 4.79 Å². The lowest BCUT2D eigenvalue weighted by Crippen LogP contribution is -2.21. The van der Waals surface area contributed by atoms with E-state index in [1.807, 2.05) is 0 Å². The van der Waals surface area contributed by atoms with Crippen molar-refractivity contribution in [3.8, 4) is 5.75 Å². The second kappa shape index (κ2) is 6.83. The van der Waals surface area contributed by atoms with Crippen molar-refractivity contribution in [2.24, 2.45) is 0 Å². The van der Waals surface area contributed by atoms with Crippen LogP contribution in [0.2, 0.25) is 0 Å². The number of ether oxygens (including phenoxy) is 1. The van der Waals surface area contributed by atoms with Gasteiger partial charge in [-0.05, 0) is 52.5 Å². The molecule has 0 heterocycles. The highest BCUT2D eigenvalue weighted by molar-refractivity contribution is 6.63. The van der Waals surface area contributed by atoms with Crippen LogP contribution in [0.5, 0.6) is 5.75 Å². The van der Waals surface area contributed by atoms with Gasteiger partial charge in [-0.1, -0.05) is 53.7 Å². The molecule has 21 heavy (non-hydrogen) atoms. The quantitative estimate of drug-likeness (QED) is 0.646. The van der Waals surface area contributed by atoms with Gasteiger partial charge in [-0.25, -0.2) is 0 Å². The summed E-state index contributed by atoms with van der Waals surface area (Å²) in [7, 11) is 0. The maximum absolute atomic E-state index is 11.0. The highest BCUT2D eigenvalue weighted by Crippen LogP contribution is 2.38. The first kappa shape index (κ1) is 18.0. The summed E-state index contributed by atoms with van der Waals surface area (Å²) in [6.07, 6.45) is 2.03. The molecule has 0 saturated heterocycles. The first-order chi connectivity index (χ1) is 9.64. The van der Waals surface area contributed by atoms with Crippen LogP contribution in [-0.2, 0) is 15.6 Å². The van der Waals surface area contributed by atoms with E-state index in [0.717, 1.165) is 24.2 Å². The maximum Gasteiger partial charge on any atom is 0.259 e. The predicted octanol–water partition coefficient (Wildman–Crippen LogP) is 5.21. The number of hydrogen-bond donors (Lipinski definition) is 0. The van der Waals surface area contributed by atoms with Crippen molar-refractivity contribution in [2.75, 3.05) is 6.61 Å². The van der Waals surface area contributed by atoms with E-state index in [1.54, 1.807) is 0 Å². The number of benzene rings is 1. The van der Waals surface area contributed by atoms with Crippen LogP contribution >= 0.6 is 11.6 Å². The minimum atomic E-state index is -0.476. The molecule has 0 bridgehead atoms. The average Bonchev–Trinajstić information content (AvgIpc) is 2.44. The number of rotatable bonds is 7. The minimum absolute atomic E-state index is 0.000415. The zero-order valence-electron chi connectivity index (χ0n) is 14.0.